The van der Waals surface area contributed by atoms with Gasteiger partial charge in [0, 0.05) is 0 Å². The molecule has 1 unspecified atom stereocenters. The summed E-state index contributed by atoms with van der Waals surface area (Å²) in [6.45, 7) is 1.58. The van der Waals surface area contributed by atoms with Crippen molar-refractivity contribution >= 4 is 0 Å². The molecule has 0 aromatic heterocycles. The highest BCUT2D eigenvalue weighted by molar-refractivity contribution is 5.64. The molecule has 0 spiro atoms. The molecule has 0 N–H and O–H groups in total. The van der Waals surface area contributed by atoms with Crippen molar-refractivity contribution in [3.05, 3.63) is 54.3 Å². The van der Waals surface area contributed by atoms with E-state index in [1.54, 1.807) is 37.3 Å². The predicted octanol–water partition coefficient (Wildman–Crippen LogP) is 3.72. The van der Waals surface area contributed by atoms with Crippen LogP contribution in [0.2, 0.25) is 0 Å². The van der Waals surface area contributed by atoms with Gasteiger partial charge in [0.25, 0.3) is 0 Å². The van der Waals surface area contributed by atoms with Crippen LogP contribution in [0.15, 0.2) is 48.5 Å². The molecule has 0 heterocycles. The molecule has 4 heteroatoms. The first-order valence-electron chi connectivity index (χ1n) is 5.78. The summed E-state index contributed by atoms with van der Waals surface area (Å²) in [6.07, 6.45) is -0.636. The molecule has 0 amide bonds. The number of rotatable bonds is 4. The maximum Gasteiger partial charge on any atom is 0.187 e. The zero-order valence-electron chi connectivity index (χ0n) is 10.3. The van der Waals surface area contributed by atoms with E-state index in [9.17, 15) is 4.39 Å². The topological polar surface area (TPSA) is 42.2 Å². The number of halogens is 1. The second-order valence-corrected chi connectivity index (χ2v) is 3.99. The first-order valence-corrected chi connectivity index (χ1v) is 5.78. The fourth-order valence-corrected chi connectivity index (χ4v) is 1.52. The normalized spacial score (nSPS) is 11.6. The molecule has 0 fully saturated rings. The molecule has 3 nitrogen and oxygen atoms in total. The third-order valence-electron chi connectivity index (χ3n) is 2.48. The highest BCUT2D eigenvalue weighted by Crippen LogP contribution is 2.23. The van der Waals surface area contributed by atoms with Crippen LogP contribution in [0, 0.1) is 17.1 Å². The lowest BCUT2D eigenvalue weighted by Gasteiger charge is -2.07. The SMILES string of the molecule is CC(C#N)OOc1ccc(-c2cccc(F)c2)cc1. The summed E-state index contributed by atoms with van der Waals surface area (Å²) in [5.41, 5.74) is 1.66. The second kappa shape index (κ2) is 5.98. The first kappa shape index (κ1) is 13.1. The molecule has 96 valence electrons. The van der Waals surface area contributed by atoms with Gasteiger partial charge in [0.2, 0.25) is 0 Å². The van der Waals surface area contributed by atoms with Crippen LogP contribution in [0.5, 0.6) is 5.75 Å². The lowest BCUT2D eigenvalue weighted by Crippen LogP contribution is -2.07. The molecule has 19 heavy (non-hydrogen) atoms. The zero-order chi connectivity index (χ0) is 13.7. The van der Waals surface area contributed by atoms with E-state index in [1.165, 1.54) is 12.1 Å². The largest absolute Gasteiger partial charge is 0.336 e. The minimum absolute atomic E-state index is 0.274. The molecule has 2 aromatic rings. The molecule has 0 aliphatic carbocycles. The van der Waals surface area contributed by atoms with Gasteiger partial charge in [-0.1, -0.05) is 24.3 Å². The Kier molecular flexibility index (Phi) is 4.11. The van der Waals surface area contributed by atoms with Crippen LogP contribution in [-0.4, -0.2) is 6.10 Å². The summed E-state index contributed by atoms with van der Waals surface area (Å²) >= 11 is 0. The Morgan fingerprint density at radius 3 is 2.47 bits per heavy atom. The lowest BCUT2D eigenvalue weighted by molar-refractivity contribution is -0.224. The van der Waals surface area contributed by atoms with Crippen molar-refractivity contribution < 1.29 is 14.2 Å². The van der Waals surface area contributed by atoms with Crippen LogP contribution >= 0.6 is 0 Å². The van der Waals surface area contributed by atoms with E-state index in [0.717, 1.165) is 11.1 Å². The van der Waals surface area contributed by atoms with Gasteiger partial charge in [0.1, 0.15) is 5.82 Å². The van der Waals surface area contributed by atoms with Crippen LogP contribution in [0.3, 0.4) is 0 Å². The van der Waals surface area contributed by atoms with Gasteiger partial charge in [0.15, 0.2) is 11.9 Å². The molecular formula is C15H12FNO2. The van der Waals surface area contributed by atoms with Crippen LogP contribution < -0.4 is 4.89 Å². The number of nitriles is 1. The Morgan fingerprint density at radius 2 is 1.84 bits per heavy atom. The zero-order valence-corrected chi connectivity index (χ0v) is 10.3. The van der Waals surface area contributed by atoms with Crippen molar-refractivity contribution in [2.75, 3.05) is 0 Å². The summed E-state index contributed by atoms with van der Waals surface area (Å²) < 4.78 is 13.1. The molecule has 0 saturated heterocycles. The van der Waals surface area contributed by atoms with E-state index in [4.69, 9.17) is 15.0 Å². The van der Waals surface area contributed by atoms with Gasteiger partial charge in [-0.2, -0.15) is 10.1 Å². The number of hydrogen-bond donors (Lipinski definition) is 0. The highest BCUT2D eigenvalue weighted by Gasteiger charge is 2.03. The number of nitrogens with zero attached hydrogens (tertiary/aromatic N) is 1. The van der Waals surface area contributed by atoms with Crippen molar-refractivity contribution in [1.29, 1.82) is 5.26 Å². The Labute approximate surface area is 110 Å². The van der Waals surface area contributed by atoms with E-state index in [2.05, 4.69) is 0 Å². The lowest BCUT2D eigenvalue weighted by atomic mass is 10.1. The highest BCUT2D eigenvalue weighted by atomic mass is 19.1. The Hall–Kier alpha value is -2.38. The summed E-state index contributed by atoms with van der Waals surface area (Å²) in [7, 11) is 0. The Morgan fingerprint density at radius 1 is 1.11 bits per heavy atom. The third kappa shape index (κ3) is 3.54. The summed E-state index contributed by atoms with van der Waals surface area (Å²) in [5, 5.41) is 8.54. The van der Waals surface area contributed by atoms with E-state index < -0.39 is 6.10 Å². The smallest absolute Gasteiger partial charge is 0.187 e. The van der Waals surface area contributed by atoms with Crippen LogP contribution in [0.1, 0.15) is 6.92 Å². The number of benzene rings is 2. The molecule has 1 atom stereocenters. The predicted molar refractivity (Wildman–Crippen MR) is 68.6 cm³/mol. The summed E-state index contributed by atoms with van der Waals surface area (Å²) in [5.74, 6) is 0.214. The maximum absolute atomic E-state index is 13.1. The van der Waals surface area contributed by atoms with Gasteiger partial charge in [-0.15, -0.1) is 0 Å². The van der Waals surface area contributed by atoms with Crippen molar-refractivity contribution in [2.24, 2.45) is 0 Å². The van der Waals surface area contributed by atoms with Crippen LogP contribution in [-0.2, 0) is 4.89 Å². The fourth-order valence-electron chi connectivity index (χ4n) is 1.52. The average Bonchev–Trinajstić information content (AvgIpc) is 2.45. The molecule has 0 aliphatic heterocycles. The fraction of sp³-hybridized carbons (Fsp3) is 0.133. The van der Waals surface area contributed by atoms with Gasteiger partial charge in [-0.25, -0.2) is 4.39 Å². The summed E-state index contributed by atoms with van der Waals surface area (Å²) in [4.78, 5) is 9.80. The monoisotopic (exact) mass is 257 g/mol. The minimum atomic E-state index is -0.636. The van der Waals surface area contributed by atoms with Crippen molar-refractivity contribution in [3.63, 3.8) is 0 Å². The minimum Gasteiger partial charge on any atom is -0.336 e. The molecule has 0 saturated carbocycles. The molecule has 0 aliphatic rings. The van der Waals surface area contributed by atoms with Crippen molar-refractivity contribution in [1.82, 2.24) is 0 Å². The molecule has 0 radical (unpaired) electrons. The van der Waals surface area contributed by atoms with E-state index in [0.29, 0.717) is 5.75 Å². The first-order chi connectivity index (χ1) is 9.19. The quantitative estimate of drug-likeness (QED) is 0.619. The second-order valence-electron chi connectivity index (χ2n) is 3.99. The standard InChI is InChI=1S/C15H12FNO2/c1-11(10-17)18-19-15-7-5-12(6-8-15)13-3-2-4-14(16)9-13/h2-9,11H,1H3. The van der Waals surface area contributed by atoms with Gasteiger partial charge in [0.05, 0.1) is 6.07 Å². The number of hydrogen-bond acceptors (Lipinski definition) is 3. The van der Waals surface area contributed by atoms with Crippen molar-refractivity contribution in [3.8, 4) is 22.9 Å². The van der Waals surface area contributed by atoms with Crippen molar-refractivity contribution in [2.45, 2.75) is 13.0 Å². The van der Waals surface area contributed by atoms with E-state index in [-0.39, 0.29) is 5.82 Å². The van der Waals surface area contributed by atoms with Gasteiger partial charge < -0.3 is 4.89 Å². The van der Waals surface area contributed by atoms with E-state index in [1.807, 2.05) is 12.1 Å². The maximum atomic E-state index is 13.1. The summed E-state index contributed by atoms with van der Waals surface area (Å²) in [6, 6.07) is 15.2. The molecule has 0 bridgehead atoms. The van der Waals surface area contributed by atoms with E-state index >= 15 is 0 Å². The third-order valence-corrected chi connectivity index (χ3v) is 2.48. The van der Waals surface area contributed by atoms with Crippen LogP contribution in [0.25, 0.3) is 11.1 Å². The molecular weight excluding hydrogens is 245 g/mol. The van der Waals surface area contributed by atoms with Gasteiger partial charge in [-0.3, -0.25) is 0 Å². The Balaban J connectivity index is 2.09. The van der Waals surface area contributed by atoms with Crippen LogP contribution in [0.4, 0.5) is 4.39 Å². The van der Waals surface area contributed by atoms with Gasteiger partial charge >= 0.3 is 0 Å². The molecule has 2 aromatic carbocycles. The average molecular weight is 257 g/mol. The van der Waals surface area contributed by atoms with Gasteiger partial charge in [-0.05, 0) is 42.3 Å². The molecule has 2 rings (SSSR count). The Bertz CT molecular complexity index is 590.